The molecule has 0 bridgehead atoms. The molecule has 0 fully saturated rings. The maximum Gasteiger partial charge on any atom is 0.334 e. The summed E-state index contributed by atoms with van der Waals surface area (Å²) in [6.45, 7) is 3.85. The second-order valence-electron chi connectivity index (χ2n) is 5.42. The SMILES string of the molecule is Cc1nc(-c2sc3[nH]c(=O)n(-c4ccccc4)c(=O)c3c2C)cs1. The summed E-state index contributed by atoms with van der Waals surface area (Å²) >= 11 is 2.96. The predicted octanol–water partition coefficient (Wildman–Crippen LogP) is 3.48. The van der Waals surface area contributed by atoms with Crippen LogP contribution in [-0.2, 0) is 0 Å². The van der Waals surface area contributed by atoms with Gasteiger partial charge < -0.3 is 0 Å². The van der Waals surface area contributed by atoms with E-state index in [4.69, 9.17) is 0 Å². The van der Waals surface area contributed by atoms with E-state index < -0.39 is 5.69 Å². The van der Waals surface area contributed by atoms with Crippen LogP contribution >= 0.6 is 22.7 Å². The van der Waals surface area contributed by atoms with Crippen LogP contribution in [0.1, 0.15) is 10.6 Å². The van der Waals surface area contributed by atoms with Gasteiger partial charge in [-0.15, -0.1) is 22.7 Å². The number of thiophene rings is 1. The highest BCUT2D eigenvalue weighted by Gasteiger charge is 2.18. The third kappa shape index (κ3) is 2.24. The number of hydrogen-bond acceptors (Lipinski definition) is 5. The van der Waals surface area contributed by atoms with Crippen molar-refractivity contribution in [3.8, 4) is 16.3 Å². The summed E-state index contributed by atoms with van der Waals surface area (Å²) < 4.78 is 1.18. The molecule has 7 heteroatoms. The van der Waals surface area contributed by atoms with Crippen LogP contribution < -0.4 is 11.2 Å². The van der Waals surface area contributed by atoms with Crippen molar-refractivity contribution >= 4 is 32.9 Å². The van der Waals surface area contributed by atoms with Crippen LogP contribution in [0.2, 0.25) is 0 Å². The van der Waals surface area contributed by atoms with Gasteiger partial charge in [0.05, 0.1) is 26.7 Å². The number of fused-ring (bicyclic) bond motifs is 1. The summed E-state index contributed by atoms with van der Waals surface area (Å²) in [5.41, 5.74) is 1.53. The zero-order valence-electron chi connectivity index (χ0n) is 13.0. The topological polar surface area (TPSA) is 67.8 Å². The molecule has 1 aromatic carbocycles. The Morgan fingerprint density at radius 2 is 1.88 bits per heavy atom. The van der Waals surface area contributed by atoms with E-state index in [-0.39, 0.29) is 5.56 Å². The average Bonchev–Trinajstić information content (AvgIpc) is 3.12. The molecule has 0 spiro atoms. The number of benzene rings is 1. The first-order chi connectivity index (χ1) is 11.6. The molecule has 0 aliphatic heterocycles. The quantitative estimate of drug-likeness (QED) is 0.598. The second-order valence-corrected chi connectivity index (χ2v) is 7.50. The number of rotatable bonds is 2. The molecule has 0 aliphatic carbocycles. The molecule has 120 valence electrons. The summed E-state index contributed by atoms with van der Waals surface area (Å²) in [4.78, 5) is 34.2. The van der Waals surface area contributed by atoms with Crippen molar-refractivity contribution in [2.75, 3.05) is 0 Å². The van der Waals surface area contributed by atoms with Gasteiger partial charge >= 0.3 is 5.69 Å². The number of nitrogens with one attached hydrogen (secondary N) is 1. The van der Waals surface area contributed by atoms with E-state index in [2.05, 4.69) is 9.97 Å². The van der Waals surface area contributed by atoms with Gasteiger partial charge in [-0.2, -0.15) is 0 Å². The number of hydrogen-bond donors (Lipinski definition) is 1. The van der Waals surface area contributed by atoms with Crippen LogP contribution in [0.4, 0.5) is 0 Å². The molecule has 24 heavy (non-hydrogen) atoms. The lowest BCUT2D eigenvalue weighted by atomic mass is 10.2. The molecule has 1 N–H and O–H groups in total. The van der Waals surface area contributed by atoms with Crippen LogP contribution in [-0.4, -0.2) is 14.5 Å². The Kier molecular flexibility index (Phi) is 3.47. The van der Waals surface area contributed by atoms with Crippen molar-refractivity contribution in [1.29, 1.82) is 0 Å². The molecule has 4 rings (SSSR count). The normalized spacial score (nSPS) is 11.2. The predicted molar refractivity (Wildman–Crippen MR) is 98.6 cm³/mol. The number of nitrogens with zero attached hydrogens (tertiary/aromatic N) is 2. The molecule has 0 saturated heterocycles. The molecule has 5 nitrogen and oxygen atoms in total. The van der Waals surface area contributed by atoms with Crippen molar-refractivity contribution in [3.63, 3.8) is 0 Å². The first-order valence-corrected chi connectivity index (χ1v) is 9.02. The molecule has 0 saturated carbocycles. The van der Waals surface area contributed by atoms with E-state index in [0.29, 0.717) is 15.9 Å². The number of para-hydroxylation sites is 1. The van der Waals surface area contributed by atoms with Gasteiger partial charge in [0.25, 0.3) is 5.56 Å². The summed E-state index contributed by atoms with van der Waals surface area (Å²) in [5.74, 6) is 0. The van der Waals surface area contributed by atoms with E-state index in [1.807, 2.05) is 25.3 Å². The molecule has 0 amide bonds. The van der Waals surface area contributed by atoms with E-state index in [1.165, 1.54) is 15.9 Å². The Hall–Kier alpha value is -2.51. The Labute approximate surface area is 144 Å². The van der Waals surface area contributed by atoms with E-state index >= 15 is 0 Å². The number of aromatic nitrogens is 3. The fraction of sp³-hybridized carbons (Fsp3) is 0.118. The van der Waals surface area contributed by atoms with Gasteiger partial charge in [-0.1, -0.05) is 18.2 Å². The van der Waals surface area contributed by atoms with Gasteiger partial charge in [-0.25, -0.2) is 14.3 Å². The second kappa shape index (κ2) is 5.54. The summed E-state index contributed by atoms with van der Waals surface area (Å²) in [7, 11) is 0. The summed E-state index contributed by atoms with van der Waals surface area (Å²) in [6.07, 6.45) is 0. The smallest absolute Gasteiger partial charge is 0.298 e. The van der Waals surface area contributed by atoms with Gasteiger partial charge in [0.1, 0.15) is 4.83 Å². The maximum atomic E-state index is 13.0. The lowest BCUT2D eigenvalue weighted by Crippen LogP contribution is -2.33. The molecule has 4 aromatic rings. The number of aryl methyl sites for hydroxylation is 2. The first kappa shape index (κ1) is 15.0. The van der Waals surface area contributed by atoms with Crippen molar-refractivity contribution in [1.82, 2.24) is 14.5 Å². The molecule has 3 heterocycles. The van der Waals surface area contributed by atoms with Crippen LogP contribution in [0.25, 0.3) is 26.5 Å². The van der Waals surface area contributed by atoms with Gasteiger partial charge in [-0.3, -0.25) is 9.78 Å². The summed E-state index contributed by atoms with van der Waals surface area (Å²) in [5, 5.41) is 3.49. The lowest BCUT2D eigenvalue weighted by molar-refractivity contribution is 0.903. The van der Waals surface area contributed by atoms with Gasteiger partial charge in [0.15, 0.2) is 0 Å². The van der Waals surface area contributed by atoms with Crippen molar-refractivity contribution in [3.05, 3.63) is 67.1 Å². The molecule has 0 unspecified atom stereocenters. The fourth-order valence-electron chi connectivity index (χ4n) is 2.74. The Morgan fingerprint density at radius 3 is 2.54 bits per heavy atom. The van der Waals surface area contributed by atoms with E-state index in [0.717, 1.165) is 21.1 Å². The van der Waals surface area contributed by atoms with Crippen LogP contribution in [0.5, 0.6) is 0 Å². The Morgan fingerprint density at radius 1 is 1.12 bits per heavy atom. The number of H-pyrrole nitrogens is 1. The minimum Gasteiger partial charge on any atom is -0.298 e. The minimum absolute atomic E-state index is 0.299. The average molecular weight is 355 g/mol. The zero-order chi connectivity index (χ0) is 16.8. The third-order valence-corrected chi connectivity index (χ3v) is 5.86. The third-order valence-electron chi connectivity index (χ3n) is 3.85. The zero-order valence-corrected chi connectivity index (χ0v) is 14.6. The highest BCUT2D eigenvalue weighted by atomic mass is 32.1. The summed E-state index contributed by atoms with van der Waals surface area (Å²) in [6, 6.07) is 8.94. The Balaban J connectivity index is 2.05. The van der Waals surface area contributed by atoms with E-state index in [1.54, 1.807) is 35.6 Å². The molecule has 0 radical (unpaired) electrons. The van der Waals surface area contributed by atoms with Crippen LogP contribution in [0, 0.1) is 13.8 Å². The van der Waals surface area contributed by atoms with Crippen molar-refractivity contribution < 1.29 is 0 Å². The largest absolute Gasteiger partial charge is 0.334 e. The van der Waals surface area contributed by atoms with Gasteiger partial charge in [-0.05, 0) is 31.5 Å². The van der Waals surface area contributed by atoms with Crippen LogP contribution in [0.15, 0.2) is 45.3 Å². The van der Waals surface area contributed by atoms with E-state index in [9.17, 15) is 9.59 Å². The fourth-order valence-corrected chi connectivity index (χ4v) is 4.57. The highest BCUT2D eigenvalue weighted by Crippen LogP contribution is 2.35. The molecule has 0 atom stereocenters. The Bertz CT molecular complexity index is 1170. The highest BCUT2D eigenvalue weighted by molar-refractivity contribution is 7.22. The minimum atomic E-state index is -0.430. The van der Waals surface area contributed by atoms with Crippen molar-refractivity contribution in [2.45, 2.75) is 13.8 Å². The van der Waals surface area contributed by atoms with Gasteiger partial charge in [0, 0.05) is 5.38 Å². The van der Waals surface area contributed by atoms with Crippen LogP contribution in [0.3, 0.4) is 0 Å². The first-order valence-electron chi connectivity index (χ1n) is 7.32. The number of thiazole rings is 1. The number of aromatic amines is 1. The van der Waals surface area contributed by atoms with Crippen molar-refractivity contribution in [2.24, 2.45) is 0 Å². The monoisotopic (exact) mass is 355 g/mol. The molecular formula is C17H13N3O2S2. The maximum absolute atomic E-state index is 13.0. The molecule has 3 aromatic heterocycles. The van der Waals surface area contributed by atoms with Gasteiger partial charge in [0.2, 0.25) is 0 Å². The standard InChI is InChI=1S/C17H13N3O2S2/c1-9-13-15(24-14(9)12-8-23-10(2)18-12)19-17(22)20(16(13)21)11-6-4-3-5-7-11/h3-8H,1-2H3,(H,19,22). The molecule has 0 aliphatic rings. The molecular weight excluding hydrogens is 342 g/mol. The lowest BCUT2D eigenvalue weighted by Gasteiger charge is -2.04.